The highest BCUT2D eigenvalue weighted by Gasteiger charge is 2.09. The first-order chi connectivity index (χ1) is 15.5. The molecule has 32 heavy (non-hydrogen) atoms. The van der Waals surface area contributed by atoms with Gasteiger partial charge in [-0.2, -0.15) is 9.24 Å². The van der Waals surface area contributed by atoms with E-state index in [-0.39, 0.29) is 0 Å². The maximum atomic E-state index is 6.26. The standard InChI is InChI=1S/C21H39ClN2O6S2/c1-4-5-25-6-7-26-8-9-27-10-11-28-12-13-29-14-15-30-18-20-16-23-21(24-17-20)31-19-32(2,3)22/h16-17H,4-15,18-19H2,1-3H3. The quantitative estimate of drug-likeness (QED) is 0.130. The molecule has 1 aromatic heterocycles. The van der Waals surface area contributed by atoms with Gasteiger partial charge in [-0.25, -0.2) is 9.97 Å². The summed E-state index contributed by atoms with van der Waals surface area (Å²) >= 11 is 1.58. The Bertz CT molecular complexity index is 552. The molecule has 0 bridgehead atoms. The van der Waals surface area contributed by atoms with Crippen molar-refractivity contribution in [2.45, 2.75) is 25.1 Å². The van der Waals surface area contributed by atoms with Crippen molar-refractivity contribution in [1.82, 2.24) is 9.97 Å². The summed E-state index contributed by atoms with van der Waals surface area (Å²) in [6.45, 7) is 8.87. The largest absolute Gasteiger partial charge is 0.379 e. The van der Waals surface area contributed by atoms with E-state index in [1.807, 2.05) is 0 Å². The van der Waals surface area contributed by atoms with Gasteiger partial charge in [-0.1, -0.05) is 29.4 Å². The van der Waals surface area contributed by atoms with Crippen LogP contribution >= 0.6 is 31.7 Å². The van der Waals surface area contributed by atoms with Crippen molar-refractivity contribution in [3.05, 3.63) is 18.0 Å². The van der Waals surface area contributed by atoms with E-state index in [1.54, 1.807) is 24.2 Å². The van der Waals surface area contributed by atoms with Crippen molar-refractivity contribution < 1.29 is 28.4 Å². The Labute approximate surface area is 203 Å². The molecule has 8 nitrogen and oxygen atoms in total. The lowest BCUT2D eigenvalue weighted by Gasteiger charge is -2.19. The average molecular weight is 515 g/mol. The van der Waals surface area contributed by atoms with Crippen molar-refractivity contribution in [2.75, 3.05) is 90.3 Å². The number of halogens is 1. The molecule has 0 saturated heterocycles. The van der Waals surface area contributed by atoms with Gasteiger partial charge in [0, 0.05) is 29.6 Å². The van der Waals surface area contributed by atoms with Crippen LogP contribution < -0.4 is 0 Å². The monoisotopic (exact) mass is 514 g/mol. The molecular formula is C21H39ClN2O6S2. The van der Waals surface area contributed by atoms with E-state index >= 15 is 0 Å². The summed E-state index contributed by atoms with van der Waals surface area (Å²) in [4.78, 5) is 8.67. The van der Waals surface area contributed by atoms with E-state index in [2.05, 4.69) is 29.4 Å². The second-order valence-electron chi connectivity index (χ2n) is 7.15. The zero-order valence-corrected chi connectivity index (χ0v) is 22.0. The van der Waals surface area contributed by atoms with E-state index in [0.29, 0.717) is 72.7 Å². The van der Waals surface area contributed by atoms with Gasteiger partial charge in [0.15, 0.2) is 5.16 Å². The predicted octanol–water partition coefficient (Wildman–Crippen LogP) is 3.75. The number of rotatable bonds is 22. The predicted molar refractivity (Wildman–Crippen MR) is 132 cm³/mol. The zero-order valence-electron chi connectivity index (χ0n) is 19.6. The molecule has 0 fully saturated rings. The summed E-state index contributed by atoms with van der Waals surface area (Å²) in [7, 11) is 5.18. The van der Waals surface area contributed by atoms with Gasteiger partial charge in [-0.15, -0.1) is 0 Å². The van der Waals surface area contributed by atoms with Crippen LogP contribution in [0.3, 0.4) is 0 Å². The van der Waals surface area contributed by atoms with Crippen molar-refractivity contribution in [1.29, 1.82) is 0 Å². The Morgan fingerprint density at radius 3 is 1.53 bits per heavy atom. The van der Waals surface area contributed by atoms with E-state index < -0.39 is 9.24 Å². The SMILES string of the molecule is CCCOCCOCCOCCOCCOCCOCc1cnc(SCS(C)(C)Cl)nc1. The molecule has 0 unspecified atom stereocenters. The van der Waals surface area contributed by atoms with Gasteiger partial charge in [-0.05, 0) is 18.9 Å². The van der Waals surface area contributed by atoms with Crippen LogP contribution in [0.15, 0.2) is 17.6 Å². The van der Waals surface area contributed by atoms with Crippen molar-refractivity contribution in [3.63, 3.8) is 0 Å². The first-order valence-electron chi connectivity index (χ1n) is 10.8. The lowest BCUT2D eigenvalue weighted by atomic mass is 10.4. The van der Waals surface area contributed by atoms with Crippen LogP contribution in [0.4, 0.5) is 0 Å². The van der Waals surface area contributed by atoms with Gasteiger partial charge >= 0.3 is 0 Å². The van der Waals surface area contributed by atoms with Crippen LogP contribution in [-0.4, -0.2) is 100 Å². The summed E-state index contributed by atoms with van der Waals surface area (Å²) in [5.74, 6) is 0. The number of thioether (sulfide) groups is 1. The zero-order chi connectivity index (χ0) is 23.3. The first-order valence-corrected chi connectivity index (χ1v) is 15.2. The molecule has 0 aliphatic rings. The Morgan fingerprint density at radius 1 is 0.719 bits per heavy atom. The molecule has 0 N–H and O–H groups in total. The normalized spacial score (nSPS) is 12.4. The highest BCUT2D eigenvalue weighted by Crippen LogP contribution is 2.49. The molecule has 0 aromatic carbocycles. The highest BCUT2D eigenvalue weighted by molar-refractivity contribution is 8.54. The van der Waals surface area contributed by atoms with Gasteiger partial charge in [0.2, 0.25) is 0 Å². The number of nitrogens with zero attached hydrogens (tertiary/aromatic N) is 2. The molecule has 0 spiro atoms. The van der Waals surface area contributed by atoms with E-state index in [9.17, 15) is 0 Å². The number of hydrogen-bond donors (Lipinski definition) is 0. The molecule has 0 aliphatic heterocycles. The molecule has 188 valence electrons. The molecule has 0 amide bonds. The fourth-order valence-corrected chi connectivity index (χ4v) is 4.32. The molecule has 1 heterocycles. The smallest absolute Gasteiger partial charge is 0.188 e. The van der Waals surface area contributed by atoms with Crippen molar-refractivity contribution in [3.8, 4) is 0 Å². The van der Waals surface area contributed by atoms with Crippen molar-refractivity contribution >= 4 is 31.7 Å². The maximum absolute atomic E-state index is 6.26. The lowest BCUT2D eigenvalue weighted by molar-refractivity contribution is -0.0176. The fourth-order valence-electron chi connectivity index (χ4n) is 2.12. The van der Waals surface area contributed by atoms with Gasteiger partial charge in [0.05, 0.1) is 72.7 Å². The van der Waals surface area contributed by atoms with Gasteiger partial charge in [0.25, 0.3) is 0 Å². The lowest BCUT2D eigenvalue weighted by Crippen LogP contribution is -2.14. The molecule has 1 aromatic rings. The Morgan fingerprint density at radius 2 is 1.12 bits per heavy atom. The molecule has 0 atom stereocenters. The minimum absolute atomic E-state index is 0.462. The summed E-state index contributed by atoms with van der Waals surface area (Å²) in [6, 6.07) is 0. The van der Waals surface area contributed by atoms with Crippen molar-refractivity contribution in [2.24, 2.45) is 0 Å². The second-order valence-corrected chi connectivity index (χ2v) is 14.1. The third-order valence-electron chi connectivity index (χ3n) is 3.63. The van der Waals surface area contributed by atoms with Crippen LogP contribution in [0.1, 0.15) is 18.9 Å². The molecule has 1 rings (SSSR count). The minimum Gasteiger partial charge on any atom is -0.379 e. The van der Waals surface area contributed by atoms with E-state index in [4.69, 9.17) is 39.1 Å². The van der Waals surface area contributed by atoms with E-state index in [1.165, 1.54) is 0 Å². The number of hydrogen-bond acceptors (Lipinski definition) is 9. The Kier molecular flexibility index (Phi) is 18.9. The number of aromatic nitrogens is 2. The third-order valence-corrected chi connectivity index (χ3v) is 7.61. The molecule has 11 heteroatoms. The van der Waals surface area contributed by atoms with Gasteiger partial charge < -0.3 is 28.4 Å². The van der Waals surface area contributed by atoms with Crippen LogP contribution in [0.5, 0.6) is 0 Å². The number of ether oxygens (including phenoxy) is 6. The minimum atomic E-state index is -1.08. The third kappa shape index (κ3) is 19.3. The van der Waals surface area contributed by atoms with E-state index in [0.717, 1.165) is 28.8 Å². The average Bonchev–Trinajstić information content (AvgIpc) is 2.77. The summed E-state index contributed by atoms with van der Waals surface area (Å²) in [5, 5.41) is 1.58. The van der Waals surface area contributed by atoms with Gasteiger partial charge in [-0.3, -0.25) is 0 Å². The molecule has 0 aliphatic carbocycles. The maximum Gasteiger partial charge on any atom is 0.188 e. The summed E-state index contributed by atoms with van der Waals surface area (Å²) < 4.78 is 32.7. The molecule has 0 radical (unpaired) electrons. The first kappa shape index (κ1) is 29.9. The van der Waals surface area contributed by atoms with Gasteiger partial charge in [0.1, 0.15) is 0 Å². The van der Waals surface area contributed by atoms with Crippen LogP contribution in [0.2, 0.25) is 0 Å². The fraction of sp³-hybridized carbons (Fsp3) is 0.810. The Hall–Kier alpha value is -0.170. The topological polar surface area (TPSA) is 81.2 Å². The molecule has 0 saturated carbocycles. The summed E-state index contributed by atoms with van der Waals surface area (Å²) in [6.07, 6.45) is 8.71. The van der Waals surface area contributed by atoms with Crippen LogP contribution in [0.25, 0.3) is 0 Å². The highest BCUT2D eigenvalue weighted by atomic mass is 35.7. The summed E-state index contributed by atoms with van der Waals surface area (Å²) in [5.41, 5.74) is 0.936. The molecular weight excluding hydrogens is 476 g/mol. The van der Waals surface area contributed by atoms with Crippen LogP contribution in [-0.2, 0) is 35.0 Å². The Balaban J connectivity index is 1.82. The second kappa shape index (κ2) is 20.2. The van der Waals surface area contributed by atoms with Crippen LogP contribution in [0, 0.1) is 0 Å².